The molecule has 0 amide bonds. The van der Waals surface area contributed by atoms with Crippen LogP contribution < -0.4 is 9.47 Å². The molecule has 0 aliphatic carbocycles. The number of hydrogen-bond acceptors (Lipinski definition) is 5. The summed E-state index contributed by atoms with van der Waals surface area (Å²) >= 11 is 6.24. The summed E-state index contributed by atoms with van der Waals surface area (Å²) in [4.78, 5) is 14.4. The monoisotopic (exact) mass is 485 g/mol. The number of rotatable bonds is 8. The molecule has 4 rings (SSSR count). The molecule has 0 N–H and O–H groups in total. The van der Waals surface area contributed by atoms with E-state index in [9.17, 15) is 4.79 Å². The zero-order valence-corrected chi connectivity index (χ0v) is 21.3. The Balaban J connectivity index is 1.25. The van der Waals surface area contributed by atoms with Gasteiger partial charge in [0.05, 0.1) is 19.6 Å². The number of carbonyl (C=O) groups excluding carboxylic acids is 1. The van der Waals surface area contributed by atoms with Crippen molar-refractivity contribution < 1.29 is 19.0 Å². The fourth-order valence-electron chi connectivity index (χ4n) is 4.86. The minimum atomic E-state index is -0.424. The lowest BCUT2D eigenvalue weighted by atomic mass is 9.74. The van der Waals surface area contributed by atoms with Crippen LogP contribution in [0.3, 0.4) is 0 Å². The van der Waals surface area contributed by atoms with Gasteiger partial charge >= 0.3 is 5.97 Å². The molecular formula is C28H36ClNO4. The molecule has 5 nitrogen and oxygen atoms in total. The van der Waals surface area contributed by atoms with E-state index in [-0.39, 0.29) is 11.4 Å². The van der Waals surface area contributed by atoms with Gasteiger partial charge in [-0.2, -0.15) is 0 Å². The number of benzene rings is 2. The zero-order chi connectivity index (χ0) is 24.2. The fraction of sp³-hybridized carbons (Fsp3) is 0.536. The van der Waals surface area contributed by atoms with Crippen LogP contribution in [0.2, 0.25) is 5.02 Å². The van der Waals surface area contributed by atoms with Crippen LogP contribution in [-0.4, -0.2) is 49.3 Å². The Bertz CT molecular complexity index is 992. The standard InChI is InChI=1S/C28H36ClNO4/c1-27(2,3)34-26(31)12-15-30-16-13-28(14-17-30)20-33-25-19-22(10-11-23(25)28)32-18-6-8-21-7-4-5-9-24(21)29/h4-5,7,9-11,19H,6,8,12-18,20H2,1-3H3. The lowest BCUT2D eigenvalue weighted by molar-refractivity contribution is -0.155. The van der Waals surface area contributed by atoms with Gasteiger partial charge in [0.1, 0.15) is 17.1 Å². The molecule has 1 spiro atoms. The molecule has 2 aromatic rings. The predicted molar refractivity (Wildman–Crippen MR) is 135 cm³/mol. The highest BCUT2D eigenvalue weighted by molar-refractivity contribution is 6.31. The van der Waals surface area contributed by atoms with Gasteiger partial charge in [-0.1, -0.05) is 35.9 Å². The van der Waals surface area contributed by atoms with Crippen molar-refractivity contribution in [2.75, 3.05) is 32.8 Å². The van der Waals surface area contributed by atoms with Gasteiger partial charge in [-0.3, -0.25) is 4.79 Å². The minimum absolute atomic E-state index is 0.0698. The maximum Gasteiger partial charge on any atom is 0.307 e. The van der Waals surface area contributed by atoms with Crippen LogP contribution in [0, 0.1) is 0 Å². The summed E-state index contributed by atoms with van der Waals surface area (Å²) in [6.07, 6.45) is 4.31. The Labute approximate surface area is 208 Å². The number of carbonyl (C=O) groups is 1. The normalized spacial score (nSPS) is 17.3. The first-order chi connectivity index (χ1) is 16.2. The second-order valence-corrected chi connectivity index (χ2v) is 10.9. The van der Waals surface area contributed by atoms with Gasteiger partial charge in [0, 0.05) is 28.6 Å². The highest BCUT2D eigenvalue weighted by Crippen LogP contribution is 2.46. The van der Waals surface area contributed by atoms with Crippen molar-refractivity contribution in [3.63, 3.8) is 0 Å². The number of hydrogen-bond donors (Lipinski definition) is 0. The number of likely N-dealkylation sites (tertiary alicyclic amines) is 1. The van der Waals surface area contributed by atoms with Crippen molar-refractivity contribution in [2.24, 2.45) is 0 Å². The molecule has 0 radical (unpaired) electrons. The van der Waals surface area contributed by atoms with E-state index >= 15 is 0 Å². The third-order valence-corrected chi connectivity index (χ3v) is 7.08. The van der Waals surface area contributed by atoms with Crippen LogP contribution in [0.5, 0.6) is 11.5 Å². The van der Waals surface area contributed by atoms with Crippen LogP contribution in [0.15, 0.2) is 42.5 Å². The van der Waals surface area contributed by atoms with E-state index in [1.165, 1.54) is 5.56 Å². The Hall–Kier alpha value is -2.24. The lowest BCUT2D eigenvalue weighted by Crippen LogP contribution is -2.44. The maximum atomic E-state index is 12.0. The molecule has 2 aliphatic rings. The summed E-state index contributed by atoms with van der Waals surface area (Å²) in [6, 6.07) is 14.2. The summed E-state index contributed by atoms with van der Waals surface area (Å²) in [7, 11) is 0. The SMILES string of the molecule is CC(C)(C)OC(=O)CCN1CCC2(CC1)COc1cc(OCCCc3ccccc3Cl)ccc12. The van der Waals surface area contributed by atoms with E-state index in [0.29, 0.717) is 13.0 Å². The van der Waals surface area contributed by atoms with E-state index in [0.717, 1.165) is 74.0 Å². The third-order valence-electron chi connectivity index (χ3n) is 6.71. The maximum absolute atomic E-state index is 12.0. The van der Waals surface area contributed by atoms with Gasteiger partial charge in [0.25, 0.3) is 0 Å². The number of piperidine rings is 1. The smallest absolute Gasteiger partial charge is 0.307 e. The van der Waals surface area contributed by atoms with Gasteiger partial charge in [0.2, 0.25) is 0 Å². The van der Waals surface area contributed by atoms with Crippen molar-refractivity contribution in [2.45, 2.75) is 63.9 Å². The summed E-state index contributed by atoms with van der Waals surface area (Å²) in [5, 5.41) is 0.814. The van der Waals surface area contributed by atoms with Gasteiger partial charge in [0.15, 0.2) is 0 Å². The topological polar surface area (TPSA) is 48.0 Å². The molecule has 2 heterocycles. The average molecular weight is 486 g/mol. The number of esters is 1. The Morgan fingerprint density at radius 1 is 1.15 bits per heavy atom. The molecule has 2 aliphatic heterocycles. The lowest BCUT2D eigenvalue weighted by Gasteiger charge is -2.38. The van der Waals surface area contributed by atoms with E-state index in [2.05, 4.69) is 23.1 Å². The molecule has 0 saturated carbocycles. The highest BCUT2D eigenvalue weighted by Gasteiger charge is 2.43. The molecule has 0 aromatic heterocycles. The largest absolute Gasteiger partial charge is 0.493 e. The quantitative estimate of drug-likeness (QED) is 0.349. The predicted octanol–water partition coefficient (Wildman–Crippen LogP) is 5.81. The number of nitrogens with zero attached hydrogens (tertiary/aromatic N) is 1. The Morgan fingerprint density at radius 2 is 1.91 bits per heavy atom. The molecule has 1 saturated heterocycles. The average Bonchev–Trinajstić information content (AvgIpc) is 3.14. The van der Waals surface area contributed by atoms with Crippen molar-refractivity contribution >= 4 is 17.6 Å². The summed E-state index contributed by atoms with van der Waals surface area (Å²) in [5.41, 5.74) is 2.10. The molecule has 0 atom stereocenters. The first kappa shape index (κ1) is 24.9. The van der Waals surface area contributed by atoms with Crippen LogP contribution in [0.1, 0.15) is 57.6 Å². The molecule has 34 heavy (non-hydrogen) atoms. The second kappa shape index (κ2) is 10.6. The van der Waals surface area contributed by atoms with Crippen LogP contribution >= 0.6 is 11.6 Å². The summed E-state index contributed by atoms with van der Waals surface area (Å²) in [6.45, 7) is 9.76. The highest BCUT2D eigenvalue weighted by atomic mass is 35.5. The fourth-order valence-corrected chi connectivity index (χ4v) is 5.09. The van der Waals surface area contributed by atoms with Crippen LogP contribution in [0.25, 0.3) is 0 Å². The molecule has 1 fully saturated rings. The van der Waals surface area contributed by atoms with E-state index in [4.69, 9.17) is 25.8 Å². The zero-order valence-electron chi connectivity index (χ0n) is 20.6. The summed E-state index contributed by atoms with van der Waals surface area (Å²) < 4.78 is 17.6. The van der Waals surface area contributed by atoms with Gasteiger partial charge in [-0.25, -0.2) is 0 Å². The third kappa shape index (κ3) is 6.25. The van der Waals surface area contributed by atoms with Crippen LogP contribution in [0.4, 0.5) is 0 Å². The number of aryl methyl sites for hydroxylation is 1. The van der Waals surface area contributed by atoms with Gasteiger partial charge < -0.3 is 19.1 Å². The van der Waals surface area contributed by atoms with Crippen LogP contribution in [-0.2, 0) is 21.4 Å². The van der Waals surface area contributed by atoms with Gasteiger partial charge in [-0.05, 0) is 77.2 Å². The first-order valence-corrected chi connectivity index (χ1v) is 12.7. The minimum Gasteiger partial charge on any atom is -0.493 e. The second-order valence-electron chi connectivity index (χ2n) is 10.4. The summed E-state index contributed by atoms with van der Waals surface area (Å²) in [5.74, 6) is 1.68. The molecule has 184 valence electrons. The molecule has 0 unspecified atom stereocenters. The van der Waals surface area contributed by atoms with E-state index in [1.54, 1.807) is 0 Å². The van der Waals surface area contributed by atoms with Crippen molar-refractivity contribution in [1.82, 2.24) is 4.90 Å². The molecule has 0 bridgehead atoms. The Morgan fingerprint density at radius 3 is 2.65 bits per heavy atom. The molecular weight excluding hydrogens is 450 g/mol. The van der Waals surface area contributed by atoms with Gasteiger partial charge in [-0.15, -0.1) is 0 Å². The van der Waals surface area contributed by atoms with Crippen molar-refractivity contribution in [3.05, 3.63) is 58.6 Å². The van der Waals surface area contributed by atoms with E-state index < -0.39 is 5.60 Å². The van der Waals surface area contributed by atoms with E-state index in [1.807, 2.05) is 45.0 Å². The molecule has 6 heteroatoms. The van der Waals surface area contributed by atoms with Crippen molar-refractivity contribution in [1.29, 1.82) is 0 Å². The first-order valence-electron chi connectivity index (χ1n) is 12.3. The number of ether oxygens (including phenoxy) is 3. The molecule has 2 aromatic carbocycles. The Kier molecular flexibility index (Phi) is 7.73. The number of fused-ring (bicyclic) bond motifs is 2. The van der Waals surface area contributed by atoms with Crippen molar-refractivity contribution in [3.8, 4) is 11.5 Å². The number of halogens is 1.